The van der Waals surface area contributed by atoms with E-state index >= 15 is 0 Å². The molecule has 0 atom stereocenters. The molecule has 0 heterocycles. The number of anilines is 1. The summed E-state index contributed by atoms with van der Waals surface area (Å²) in [6.07, 6.45) is 0.873. The summed E-state index contributed by atoms with van der Waals surface area (Å²) in [5.41, 5.74) is 1.29. The van der Waals surface area contributed by atoms with Crippen LogP contribution in [0.5, 0.6) is 5.75 Å². The van der Waals surface area contributed by atoms with E-state index in [0.717, 1.165) is 24.1 Å². The normalized spacial score (nSPS) is 10.2. The van der Waals surface area contributed by atoms with Crippen LogP contribution < -0.4 is 10.1 Å². The Morgan fingerprint density at radius 2 is 1.95 bits per heavy atom. The summed E-state index contributed by atoms with van der Waals surface area (Å²) in [6.45, 7) is 1.82. The third-order valence-corrected chi connectivity index (χ3v) is 2.88. The minimum Gasteiger partial charge on any atom is -0.484 e. The summed E-state index contributed by atoms with van der Waals surface area (Å²) in [7, 11) is 0. The van der Waals surface area contributed by atoms with E-state index in [1.165, 1.54) is 6.07 Å². The lowest BCUT2D eigenvalue weighted by molar-refractivity contribution is -0.118. The molecule has 0 aliphatic carbocycles. The van der Waals surface area contributed by atoms with Crippen molar-refractivity contribution in [1.29, 1.82) is 0 Å². The van der Waals surface area contributed by atoms with Gasteiger partial charge in [-0.05, 0) is 36.2 Å². The first kappa shape index (κ1) is 15.0. The van der Waals surface area contributed by atoms with E-state index in [4.69, 9.17) is 4.74 Å². The fourth-order valence-electron chi connectivity index (χ4n) is 1.78. The zero-order valence-corrected chi connectivity index (χ0v) is 11.5. The highest BCUT2D eigenvalue weighted by Gasteiger charge is 2.07. The zero-order valence-electron chi connectivity index (χ0n) is 11.5. The van der Waals surface area contributed by atoms with E-state index in [9.17, 15) is 13.6 Å². The van der Waals surface area contributed by atoms with Crippen molar-refractivity contribution in [1.82, 2.24) is 0 Å². The van der Waals surface area contributed by atoms with Crippen LogP contribution in [0.4, 0.5) is 14.5 Å². The van der Waals surface area contributed by atoms with Crippen LogP contribution in [0.15, 0.2) is 42.5 Å². The maximum atomic E-state index is 13.0. The molecule has 0 aliphatic rings. The highest BCUT2D eigenvalue weighted by Crippen LogP contribution is 2.15. The van der Waals surface area contributed by atoms with Crippen LogP contribution >= 0.6 is 0 Å². The Balaban J connectivity index is 1.91. The largest absolute Gasteiger partial charge is 0.484 e. The molecule has 1 N–H and O–H groups in total. The molecule has 2 aromatic carbocycles. The van der Waals surface area contributed by atoms with Crippen LogP contribution in [0, 0.1) is 11.6 Å². The molecule has 0 fully saturated rings. The van der Waals surface area contributed by atoms with Gasteiger partial charge in [0.15, 0.2) is 18.2 Å². The van der Waals surface area contributed by atoms with Gasteiger partial charge in [-0.2, -0.15) is 0 Å². The first-order valence-corrected chi connectivity index (χ1v) is 6.55. The van der Waals surface area contributed by atoms with Gasteiger partial charge in [-0.3, -0.25) is 4.79 Å². The fraction of sp³-hybridized carbons (Fsp3) is 0.188. The van der Waals surface area contributed by atoms with Gasteiger partial charge in [0.1, 0.15) is 5.75 Å². The van der Waals surface area contributed by atoms with Crippen LogP contribution in [0.2, 0.25) is 0 Å². The van der Waals surface area contributed by atoms with Gasteiger partial charge in [0.2, 0.25) is 0 Å². The molecule has 0 aromatic heterocycles. The molecule has 2 aromatic rings. The maximum Gasteiger partial charge on any atom is 0.262 e. The number of nitrogens with one attached hydrogen (secondary N) is 1. The Morgan fingerprint density at radius 3 is 2.67 bits per heavy atom. The van der Waals surface area contributed by atoms with Gasteiger partial charge in [-0.1, -0.05) is 19.1 Å². The zero-order chi connectivity index (χ0) is 15.2. The average molecular weight is 291 g/mol. The Kier molecular flexibility index (Phi) is 4.87. The summed E-state index contributed by atoms with van der Waals surface area (Å²) in [6, 6.07) is 10.6. The highest BCUT2D eigenvalue weighted by atomic mass is 19.2. The molecule has 0 radical (unpaired) electrons. The lowest BCUT2D eigenvalue weighted by Gasteiger charge is -2.08. The SMILES string of the molecule is CCc1cccc(OCC(=O)Nc2ccc(F)c(F)c2)c1. The number of carbonyl (C=O) groups excluding carboxylic acids is 1. The molecule has 0 aliphatic heterocycles. The second-order valence-electron chi connectivity index (χ2n) is 4.47. The number of hydrogen-bond acceptors (Lipinski definition) is 2. The molecule has 2 rings (SSSR count). The minimum atomic E-state index is -1.01. The Morgan fingerprint density at radius 1 is 1.14 bits per heavy atom. The first-order valence-electron chi connectivity index (χ1n) is 6.55. The molecule has 0 spiro atoms. The maximum absolute atomic E-state index is 13.0. The number of rotatable bonds is 5. The fourth-order valence-corrected chi connectivity index (χ4v) is 1.78. The van der Waals surface area contributed by atoms with Gasteiger partial charge in [0.25, 0.3) is 5.91 Å². The van der Waals surface area contributed by atoms with Gasteiger partial charge in [-0.25, -0.2) is 8.78 Å². The van der Waals surface area contributed by atoms with Crippen molar-refractivity contribution in [2.24, 2.45) is 0 Å². The van der Waals surface area contributed by atoms with Crippen LogP contribution in [0.1, 0.15) is 12.5 Å². The van der Waals surface area contributed by atoms with Crippen LogP contribution in [0.3, 0.4) is 0 Å². The monoisotopic (exact) mass is 291 g/mol. The molecule has 0 unspecified atom stereocenters. The van der Waals surface area contributed by atoms with E-state index in [1.807, 2.05) is 25.1 Å². The lowest BCUT2D eigenvalue weighted by Crippen LogP contribution is -2.20. The van der Waals surface area contributed by atoms with Crippen molar-refractivity contribution >= 4 is 11.6 Å². The predicted molar refractivity (Wildman–Crippen MR) is 76.3 cm³/mol. The van der Waals surface area contributed by atoms with Gasteiger partial charge in [-0.15, -0.1) is 0 Å². The molecule has 21 heavy (non-hydrogen) atoms. The van der Waals surface area contributed by atoms with E-state index < -0.39 is 17.5 Å². The van der Waals surface area contributed by atoms with Gasteiger partial charge < -0.3 is 10.1 Å². The standard InChI is InChI=1S/C16H15F2NO2/c1-2-11-4-3-5-13(8-11)21-10-16(20)19-12-6-7-14(17)15(18)9-12/h3-9H,2,10H2,1H3,(H,19,20). The van der Waals surface area contributed by atoms with Gasteiger partial charge >= 0.3 is 0 Å². The Hall–Kier alpha value is -2.43. The molecular weight excluding hydrogens is 276 g/mol. The van der Waals surface area contributed by atoms with Crippen molar-refractivity contribution in [3.05, 3.63) is 59.7 Å². The molecule has 3 nitrogen and oxygen atoms in total. The number of ether oxygens (including phenoxy) is 1. The second kappa shape index (κ2) is 6.83. The number of benzene rings is 2. The molecule has 5 heteroatoms. The lowest BCUT2D eigenvalue weighted by atomic mass is 10.2. The molecule has 0 saturated carbocycles. The number of aryl methyl sites for hydroxylation is 1. The van der Waals surface area contributed by atoms with Crippen LogP contribution in [-0.2, 0) is 11.2 Å². The summed E-state index contributed by atoms with van der Waals surface area (Å²) in [5, 5.41) is 2.44. The van der Waals surface area contributed by atoms with E-state index in [1.54, 1.807) is 6.07 Å². The molecular formula is C16H15F2NO2. The van der Waals surface area contributed by atoms with Gasteiger partial charge in [0, 0.05) is 11.8 Å². The smallest absolute Gasteiger partial charge is 0.262 e. The van der Waals surface area contributed by atoms with E-state index in [-0.39, 0.29) is 12.3 Å². The summed E-state index contributed by atoms with van der Waals surface area (Å²) >= 11 is 0. The third kappa shape index (κ3) is 4.27. The second-order valence-corrected chi connectivity index (χ2v) is 4.47. The van der Waals surface area contributed by atoms with E-state index in [0.29, 0.717) is 5.75 Å². The van der Waals surface area contributed by atoms with Crippen molar-refractivity contribution in [2.75, 3.05) is 11.9 Å². The molecule has 1 amide bonds. The summed E-state index contributed by atoms with van der Waals surface area (Å²) in [4.78, 5) is 11.7. The Labute approximate surface area is 121 Å². The van der Waals surface area contributed by atoms with Crippen LogP contribution in [0.25, 0.3) is 0 Å². The highest BCUT2D eigenvalue weighted by molar-refractivity contribution is 5.91. The number of carbonyl (C=O) groups is 1. The number of hydrogen-bond donors (Lipinski definition) is 1. The number of halogens is 2. The summed E-state index contributed by atoms with van der Waals surface area (Å²) in [5.74, 6) is -1.82. The van der Waals surface area contributed by atoms with Crippen molar-refractivity contribution in [2.45, 2.75) is 13.3 Å². The minimum absolute atomic E-state index is 0.185. The molecule has 110 valence electrons. The molecule has 0 saturated heterocycles. The predicted octanol–water partition coefficient (Wildman–Crippen LogP) is 3.54. The van der Waals surface area contributed by atoms with Crippen LogP contribution in [-0.4, -0.2) is 12.5 Å². The average Bonchev–Trinajstić information content (AvgIpc) is 2.49. The first-order chi connectivity index (χ1) is 10.1. The number of amides is 1. The Bertz CT molecular complexity index is 644. The van der Waals surface area contributed by atoms with Crippen molar-refractivity contribution in [3.8, 4) is 5.75 Å². The molecule has 0 bridgehead atoms. The topological polar surface area (TPSA) is 38.3 Å². The third-order valence-electron chi connectivity index (χ3n) is 2.88. The summed E-state index contributed by atoms with van der Waals surface area (Å²) < 4.78 is 31.1. The van der Waals surface area contributed by atoms with Crippen molar-refractivity contribution in [3.63, 3.8) is 0 Å². The van der Waals surface area contributed by atoms with Crippen molar-refractivity contribution < 1.29 is 18.3 Å². The van der Waals surface area contributed by atoms with Gasteiger partial charge in [0.05, 0.1) is 0 Å². The van der Waals surface area contributed by atoms with E-state index in [2.05, 4.69) is 5.32 Å². The quantitative estimate of drug-likeness (QED) is 0.915.